The molecule has 0 saturated carbocycles. The fourth-order valence-electron chi connectivity index (χ4n) is 2.63. The third-order valence-corrected chi connectivity index (χ3v) is 4.07. The van der Waals surface area contributed by atoms with E-state index in [2.05, 4.69) is 20.8 Å². The van der Waals surface area contributed by atoms with Gasteiger partial charge in [-0.1, -0.05) is 42.0 Å². The van der Waals surface area contributed by atoms with Crippen LogP contribution >= 0.6 is 0 Å². The normalized spacial score (nSPS) is 10.4. The molecule has 0 fully saturated rings. The monoisotopic (exact) mass is 364 g/mol. The van der Waals surface area contributed by atoms with Crippen LogP contribution in [0, 0.1) is 12.7 Å². The van der Waals surface area contributed by atoms with Gasteiger partial charge in [-0.25, -0.2) is 4.39 Å². The first-order valence-electron chi connectivity index (χ1n) is 8.76. The number of anilines is 1. The zero-order valence-electron chi connectivity index (χ0n) is 15.1. The predicted molar refractivity (Wildman–Crippen MR) is 103 cm³/mol. The summed E-state index contributed by atoms with van der Waals surface area (Å²) in [5.41, 5.74) is 3.49. The molecule has 0 bridgehead atoms. The maximum absolute atomic E-state index is 12.9. The van der Waals surface area contributed by atoms with Gasteiger partial charge in [-0.05, 0) is 48.7 Å². The predicted octanol–water partition coefficient (Wildman–Crippen LogP) is 3.51. The molecule has 1 aromatic heterocycles. The maximum Gasteiger partial charge on any atom is 0.272 e. The van der Waals surface area contributed by atoms with Crippen molar-refractivity contribution in [2.75, 3.05) is 11.9 Å². The molecule has 1 heterocycles. The van der Waals surface area contributed by atoms with E-state index in [0.717, 1.165) is 23.1 Å². The van der Waals surface area contributed by atoms with E-state index in [0.29, 0.717) is 18.9 Å². The molecule has 0 aliphatic carbocycles. The van der Waals surface area contributed by atoms with Crippen molar-refractivity contribution >= 4 is 11.7 Å². The second kappa shape index (κ2) is 8.89. The Hall–Kier alpha value is -3.28. The van der Waals surface area contributed by atoms with Crippen LogP contribution in [0.1, 0.15) is 27.2 Å². The second-order valence-electron chi connectivity index (χ2n) is 6.28. The van der Waals surface area contributed by atoms with Gasteiger partial charge in [0.15, 0.2) is 5.69 Å². The molecule has 0 radical (unpaired) electrons. The van der Waals surface area contributed by atoms with Crippen molar-refractivity contribution in [3.05, 3.63) is 88.9 Å². The summed E-state index contributed by atoms with van der Waals surface area (Å²) in [5.74, 6) is 0.0862. The molecule has 0 atom stereocenters. The number of rotatable bonds is 7. The number of carbonyl (C=O) groups excluding carboxylic acids is 1. The summed E-state index contributed by atoms with van der Waals surface area (Å²) in [6.07, 6.45) is 0.737. The number of hydrogen-bond donors (Lipinski definition) is 2. The van der Waals surface area contributed by atoms with Gasteiger partial charge in [0.1, 0.15) is 11.6 Å². The van der Waals surface area contributed by atoms with Crippen LogP contribution in [0.5, 0.6) is 0 Å². The molecule has 5 nitrogen and oxygen atoms in total. The number of nitrogens with zero attached hydrogens (tertiary/aromatic N) is 2. The van der Waals surface area contributed by atoms with Crippen molar-refractivity contribution in [2.24, 2.45) is 0 Å². The van der Waals surface area contributed by atoms with E-state index >= 15 is 0 Å². The molecule has 0 saturated heterocycles. The number of aryl methyl sites for hydroxylation is 1. The van der Waals surface area contributed by atoms with Crippen LogP contribution in [0.25, 0.3) is 0 Å². The number of aromatic nitrogens is 2. The third-order valence-electron chi connectivity index (χ3n) is 4.07. The molecule has 27 heavy (non-hydrogen) atoms. The summed E-state index contributed by atoms with van der Waals surface area (Å²) in [6, 6.07) is 17.7. The molecule has 2 aromatic carbocycles. The number of benzene rings is 2. The number of halogens is 1. The van der Waals surface area contributed by atoms with Gasteiger partial charge in [0, 0.05) is 13.1 Å². The zero-order chi connectivity index (χ0) is 19.1. The summed E-state index contributed by atoms with van der Waals surface area (Å²) >= 11 is 0. The van der Waals surface area contributed by atoms with E-state index in [-0.39, 0.29) is 17.4 Å². The van der Waals surface area contributed by atoms with Crippen LogP contribution in [0.4, 0.5) is 10.2 Å². The molecule has 2 N–H and O–H groups in total. The summed E-state index contributed by atoms with van der Waals surface area (Å²) < 4.78 is 12.9. The lowest BCUT2D eigenvalue weighted by molar-refractivity contribution is 0.0945. The van der Waals surface area contributed by atoms with Crippen LogP contribution in [0.3, 0.4) is 0 Å². The molecule has 6 heteroatoms. The van der Waals surface area contributed by atoms with Crippen LogP contribution in [0.2, 0.25) is 0 Å². The summed E-state index contributed by atoms with van der Waals surface area (Å²) in [5, 5.41) is 14.0. The lowest BCUT2D eigenvalue weighted by Crippen LogP contribution is -2.24. The van der Waals surface area contributed by atoms with E-state index in [1.165, 1.54) is 12.1 Å². The smallest absolute Gasteiger partial charge is 0.272 e. The van der Waals surface area contributed by atoms with Gasteiger partial charge in [0.05, 0.1) is 0 Å². The quantitative estimate of drug-likeness (QED) is 0.673. The highest BCUT2D eigenvalue weighted by molar-refractivity contribution is 5.92. The Labute approximate surface area is 157 Å². The van der Waals surface area contributed by atoms with Crippen molar-refractivity contribution in [3.63, 3.8) is 0 Å². The Morgan fingerprint density at radius 1 is 1.00 bits per heavy atom. The van der Waals surface area contributed by atoms with Crippen molar-refractivity contribution in [2.45, 2.75) is 19.9 Å². The highest BCUT2D eigenvalue weighted by Gasteiger charge is 2.08. The van der Waals surface area contributed by atoms with Crippen LogP contribution in [0.15, 0.2) is 60.7 Å². The van der Waals surface area contributed by atoms with Gasteiger partial charge in [-0.15, -0.1) is 10.2 Å². The van der Waals surface area contributed by atoms with Gasteiger partial charge < -0.3 is 10.6 Å². The first-order valence-corrected chi connectivity index (χ1v) is 8.76. The fourth-order valence-corrected chi connectivity index (χ4v) is 2.63. The molecule has 0 unspecified atom stereocenters. The van der Waals surface area contributed by atoms with Crippen LogP contribution in [-0.2, 0) is 13.0 Å². The Balaban J connectivity index is 1.47. The van der Waals surface area contributed by atoms with E-state index in [9.17, 15) is 9.18 Å². The highest BCUT2D eigenvalue weighted by atomic mass is 19.1. The van der Waals surface area contributed by atoms with Crippen LogP contribution < -0.4 is 10.6 Å². The van der Waals surface area contributed by atoms with Gasteiger partial charge in [-0.3, -0.25) is 4.79 Å². The van der Waals surface area contributed by atoms with E-state index in [4.69, 9.17) is 0 Å². The minimum Gasteiger partial charge on any atom is -0.368 e. The Morgan fingerprint density at radius 3 is 2.52 bits per heavy atom. The molecular weight excluding hydrogens is 343 g/mol. The molecule has 1 amide bonds. The van der Waals surface area contributed by atoms with E-state index in [1.54, 1.807) is 24.3 Å². The van der Waals surface area contributed by atoms with Crippen molar-refractivity contribution < 1.29 is 9.18 Å². The third kappa shape index (κ3) is 5.60. The first-order chi connectivity index (χ1) is 13.1. The lowest BCUT2D eigenvalue weighted by Gasteiger charge is -2.07. The average Bonchev–Trinajstić information content (AvgIpc) is 2.68. The van der Waals surface area contributed by atoms with Crippen molar-refractivity contribution in [1.29, 1.82) is 0 Å². The highest BCUT2D eigenvalue weighted by Crippen LogP contribution is 2.07. The van der Waals surface area contributed by atoms with Gasteiger partial charge in [0.25, 0.3) is 5.91 Å². The number of amides is 1. The van der Waals surface area contributed by atoms with Gasteiger partial charge in [-0.2, -0.15) is 0 Å². The molecule has 0 aliphatic heterocycles. The number of hydrogen-bond acceptors (Lipinski definition) is 4. The average molecular weight is 364 g/mol. The van der Waals surface area contributed by atoms with Crippen LogP contribution in [-0.4, -0.2) is 22.6 Å². The first kappa shape index (κ1) is 18.5. The number of carbonyl (C=O) groups is 1. The fraction of sp³-hybridized carbons (Fsp3) is 0.190. The summed E-state index contributed by atoms with van der Waals surface area (Å²) in [7, 11) is 0. The Bertz CT molecular complexity index is 895. The Morgan fingerprint density at radius 2 is 1.81 bits per heavy atom. The van der Waals surface area contributed by atoms with E-state index in [1.807, 2.05) is 31.2 Å². The van der Waals surface area contributed by atoms with E-state index < -0.39 is 0 Å². The topological polar surface area (TPSA) is 66.9 Å². The summed E-state index contributed by atoms with van der Waals surface area (Å²) in [6.45, 7) is 3.09. The summed E-state index contributed by atoms with van der Waals surface area (Å²) in [4.78, 5) is 12.2. The molecule has 0 aliphatic rings. The molecule has 3 rings (SSSR count). The number of nitrogens with one attached hydrogen (secondary N) is 2. The molecule has 3 aromatic rings. The standard InChI is InChI=1S/C21H21FN4O/c1-15-3-2-4-17(13-15)14-24-21(27)19-9-10-20(26-25-19)23-12-11-16-5-7-18(22)8-6-16/h2-10,13H,11-12,14H2,1H3,(H,23,26)(H,24,27). The molecular formula is C21H21FN4O. The minimum atomic E-state index is -0.262. The van der Waals surface area contributed by atoms with Gasteiger partial charge in [0.2, 0.25) is 0 Å². The molecule has 0 spiro atoms. The SMILES string of the molecule is Cc1cccc(CNC(=O)c2ccc(NCCc3ccc(F)cc3)nn2)c1. The zero-order valence-corrected chi connectivity index (χ0v) is 15.1. The molecule has 138 valence electrons. The van der Waals surface area contributed by atoms with Gasteiger partial charge >= 0.3 is 0 Å². The maximum atomic E-state index is 12.9. The van der Waals surface area contributed by atoms with Crippen molar-refractivity contribution in [3.8, 4) is 0 Å². The largest absolute Gasteiger partial charge is 0.368 e. The lowest BCUT2D eigenvalue weighted by atomic mass is 10.1. The van der Waals surface area contributed by atoms with Crippen molar-refractivity contribution in [1.82, 2.24) is 15.5 Å². The second-order valence-corrected chi connectivity index (χ2v) is 6.28. The Kier molecular flexibility index (Phi) is 6.10. The minimum absolute atomic E-state index is 0.242.